The zero-order valence-electron chi connectivity index (χ0n) is 15.7. The van der Waals surface area contributed by atoms with Crippen LogP contribution in [0.2, 0.25) is 0 Å². The van der Waals surface area contributed by atoms with Crippen molar-refractivity contribution in [3.8, 4) is 5.75 Å². The van der Waals surface area contributed by atoms with E-state index in [4.69, 9.17) is 4.74 Å². The second-order valence-electron chi connectivity index (χ2n) is 7.95. The van der Waals surface area contributed by atoms with E-state index in [9.17, 15) is 0 Å². The average Bonchev–Trinajstić information content (AvgIpc) is 3.07. The van der Waals surface area contributed by atoms with E-state index in [1.54, 1.807) is 7.11 Å². The number of pyridine rings is 1. The molecule has 2 aromatic rings. The first-order valence-corrected chi connectivity index (χ1v) is 9.71. The molecular formula is C22H29N3O. The van der Waals surface area contributed by atoms with Crippen LogP contribution in [0.3, 0.4) is 0 Å². The van der Waals surface area contributed by atoms with Gasteiger partial charge in [-0.15, -0.1) is 0 Å². The van der Waals surface area contributed by atoms with Crippen molar-refractivity contribution in [2.75, 3.05) is 33.3 Å². The van der Waals surface area contributed by atoms with E-state index in [-0.39, 0.29) is 0 Å². The maximum absolute atomic E-state index is 5.25. The van der Waals surface area contributed by atoms with Gasteiger partial charge >= 0.3 is 0 Å². The summed E-state index contributed by atoms with van der Waals surface area (Å²) in [5.74, 6) is 0.936. The Morgan fingerprint density at radius 3 is 2.27 bits per heavy atom. The van der Waals surface area contributed by atoms with Gasteiger partial charge in [-0.2, -0.15) is 0 Å². The molecule has 0 atom stereocenters. The van der Waals surface area contributed by atoms with Crippen LogP contribution in [0.15, 0.2) is 48.8 Å². The predicted octanol–water partition coefficient (Wildman–Crippen LogP) is 3.58. The average molecular weight is 351 g/mol. The van der Waals surface area contributed by atoms with Gasteiger partial charge in [0.05, 0.1) is 7.11 Å². The summed E-state index contributed by atoms with van der Waals surface area (Å²) in [4.78, 5) is 9.48. The quantitative estimate of drug-likeness (QED) is 0.823. The van der Waals surface area contributed by atoms with Crippen molar-refractivity contribution >= 4 is 0 Å². The van der Waals surface area contributed by atoms with Crippen molar-refractivity contribution in [1.82, 2.24) is 14.8 Å². The Labute approximate surface area is 156 Å². The van der Waals surface area contributed by atoms with Gasteiger partial charge in [0, 0.05) is 32.0 Å². The standard InChI is InChI=1S/C22H29N3O/c1-26-21-6-4-19(5-7-21)16-24-12-8-22(9-13-24)10-14-25(18-22)17-20-3-2-11-23-15-20/h2-7,11,15H,8-10,12-14,16-18H2,1H3. The second kappa shape index (κ2) is 7.77. The van der Waals surface area contributed by atoms with Crippen molar-refractivity contribution < 1.29 is 4.74 Å². The van der Waals surface area contributed by atoms with Crippen molar-refractivity contribution in [2.24, 2.45) is 5.41 Å². The minimum absolute atomic E-state index is 0.540. The fraction of sp³-hybridized carbons (Fsp3) is 0.500. The lowest BCUT2D eigenvalue weighted by Gasteiger charge is -2.39. The van der Waals surface area contributed by atoms with E-state index in [1.165, 1.54) is 56.6 Å². The molecule has 2 saturated heterocycles. The highest BCUT2D eigenvalue weighted by Gasteiger charge is 2.40. The summed E-state index contributed by atoms with van der Waals surface area (Å²) in [6, 6.07) is 12.7. The first kappa shape index (κ1) is 17.5. The van der Waals surface area contributed by atoms with Crippen LogP contribution in [0.5, 0.6) is 5.75 Å². The molecule has 1 spiro atoms. The number of benzene rings is 1. The van der Waals surface area contributed by atoms with Crippen molar-refractivity contribution in [1.29, 1.82) is 0 Å². The molecule has 2 aliphatic heterocycles. The van der Waals surface area contributed by atoms with Crippen LogP contribution in [0.1, 0.15) is 30.4 Å². The molecule has 1 aromatic heterocycles. The van der Waals surface area contributed by atoms with Crippen LogP contribution < -0.4 is 4.74 Å². The van der Waals surface area contributed by atoms with Crippen LogP contribution in [0.4, 0.5) is 0 Å². The number of piperidine rings is 1. The molecule has 4 heteroatoms. The van der Waals surface area contributed by atoms with Crippen molar-refractivity contribution in [3.63, 3.8) is 0 Å². The number of methoxy groups -OCH3 is 1. The summed E-state index contributed by atoms with van der Waals surface area (Å²) in [6.07, 6.45) is 7.86. The van der Waals surface area contributed by atoms with E-state index < -0.39 is 0 Å². The lowest BCUT2D eigenvalue weighted by atomic mass is 9.77. The van der Waals surface area contributed by atoms with Crippen LogP contribution >= 0.6 is 0 Å². The van der Waals surface area contributed by atoms with Gasteiger partial charge in [0.15, 0.2) is 0 Å². The smallest absolute Gasteiger partial charge is 0.118 e. The third kappa shape index (κ3) is 4.08. The topological polar surface area (TPSA) is 28.6 Å². The molecule has 2 aliphatic rings. The van der Waals surface area contributed by atoms with Crippen LogP contribution in [0.25, 0.3) is 0 Å². The number of hydrogen-bond acceptors (Lipinski definition) is 4. The largest absolute Gasteiger partial charge is 0.497 e. The van der Waals surface area contributed by atoms with E-state index in [1.807, 2.05) is 18.5 Å². The zero-order valence-corrected chi connectivity index (χ0v) is 15.7. The second-order valence-corrected chi connectivity index (χ2v) is 7.95. The molecule has 4 rings (SSSR count). The maximum atomic E-state index is 5.25. The molecule has 0 saturated carbocycles. The molecule has 3 heterocycles. The summed E-state index contributed by atoms with van der Waals surface area (Å²) in [5.41, 5.74) is 3.26. The van der Waals surface area contributed by atoms with Gasteiger partial charge in [0.1, 0.15) is 5.75 Å². The first-order chi connectivity index (χ1) is 12.7. The molecule has 0 radical (unpaired) electrons. The molecule has 0 aliphatic carbocycles. The molecular weight excluding hydrogens is 322 g/mol. The zero-order chi connectivity index (χ0) is 17.8. The van der Waals surface area contributed by atoms with Gasteiger partial charge in [-0.1, -0.05) is 18.2 Å². The van der Waals surface area contributed by atoms with Gasteiger partial charge < -0.3 is 4.74 Å². The first-order valence-electron chi connectivity index (χ1n) is 9.71. The predicted molar refractivity (Wildman–Crippen MR) is 104 cm³/mol. The third-order valence-electron chi connectivity index (χ3n) is 6.13. The fourth-order valence-electron chi connectivity index (χ4n) is 4.50. The maximum Gasteiger partial charge on any atom is 0.118 e. The van der Waals surface area contributed by atoms with E-state index in [2.05, 4.69) is 45.1 Å². The third-order valence-corrected chi connectivity index (χ3v) is 6.13. The normalized spacial score (nSPS) is 20.5. The highest BCUT2D eigenvalue weighted by molar-refractivity contribution is 5.27. The van der Waals surface area contributed by atoms with Crippen LogP contribution in [-0.4, -0.2) is 48.1 Å². The summed E-state index contributed by atoms with van der Waals surface area (Å²) < 4.78 is 5.25. The van der Waals surface area contributed by atoms with E-state index in [0.29, 0.717) is 5.41 Å². The summed E-state index contributed by atoms with van der Waals surface area (Å²) in [7, 11) is 1.72. The van der Waals surface area contributed by atoms with Gasteiger partial charge in [-0.05, 0) is 73.6 Å². The Morgan fingerprint density at radius 1 is 0.923 bits per heavy atom. The lowest BCUT2D eigenvalue weighted by Crippen LogP contribution is -2.41. The fourth-order valence-corrected chi connectivity index (χ4v) is 4.50. The summed E-state index contributed by atoms with van der Waals surface area (Å²) >= 11 is 0. The van der Waals surface area contributed by atoms with E-state index in [0.717, 1.165) is 18.8 Å². The van der Waals surface area contributed by atoms with Gasteiger partial charge in [-0.3, -0.25) is 14.8 Å². The monoisotopic (exact) mass is 351 g/mol. The molecule has 26 heavy (non-hydrogen) atoms. The Hall–Kier alpha value is -1.91. The molecule has 0 unspecified atom stereocenters. The summed E-state index contributed by atoms with van der Waals surface area (Å²) in [6.45, 7) is 7.01. The lowest BCUT2D eigenvalue weighted by molar-refractivity contribution is 0.102. The van der Waals surface area contributed by atoms with Crippen molar-refractivity contribution in [2.45, 2.75) is 32.4 Å². The van der Waals surface area contributed by atoms with Crippen LogP contribution in [-0.2, 0) is 13.1 Å². The Kier molecular flexibility index (Phi) is 5.23. The van der Waals surface area contributed by atoms with Crippen LogP contribution in [0, 0.1) is 5.41 Å². The summed E-state index contributed by atoms with van der Waals surface area (Å²) in [5, 5.41) is 0. The van der Waals surface area contributed by atoms with E-state index >= 15 is 0 Å². The number of rotatable bonds is 5. The molecule has 4 nitrogen and oxygen atoms in total. The van der Waals surface area contributed by atoms with Crippen molar-refractivity contribution in [3.05, 3.63) is 59.9 Å². The van der Waals surface area contributed by atoms with Gasteiger partial charge in [-0.25, -0.2) is 0 Å². The number of nitrogens with zero attached hydrogens (tertiary/aromatic N) is 3. The Balaban J connectivity index is 1.28. The minimum atomic E-state index is 0.540. The number of ether oxygens (including phenoxy) is 1. The molecule has 138 valence electrons. The Bertz CT molecular complexity index is 693. The molecule has 2 fully saturated rings. The number of likely N-dealkylation sites (tertiary alicyclic amines) is 2. The Morgan fingerprint density at radius 2 is 1.62 bits per heavy atom. The number of hydrogen-bond donors (Lipinski definition) is 0. The number of aromatic nitrogens is 1. The SMILES string of the molecule is COc1ccc(CN2CCC3(CC2)CCN(Cc2cccnc2)C3)cc1. The molecule has 0 N–H and O–H groups in total. The minimum Gasteiger partial charge on any atom is -0.497 e. The van der Waals surface area contributed by atoms with Gasteiger partial charge in [0.2, 0.25) is 0 Å². The highest BCUT2D eigenvalue weighted by Crippen LogP contribution is 2.41. The molecule has 0 bridgehead atoms. The molecule has 0 amide bonds. The molecule has 1 aromatic carbocycles. The highest BCUT2D eigenvalue weighted by atomic mass is 16.5. The van der Waals surface area contributed by atoms with Gasteiger partial charge in [0.25, 0.3) is 0 Å².